The first-order chi connectivity index (χ1) is 6.43. The van der Waals surface area contributed by atoms with Crippen molar-refractivity contribution in [1.82, 2.24) is 0 Å². The van der Waals surface area contributed by atoms with Crippen LogP contribution in [0.15, 0.2) is 0 Å². The minimum absolute atomic E-state index is 0.0575. The molecule has 14 heavy (non-hydrogen) atoms. The number of hydrogen-bond donors (Lipinski definition) is 0. The summed E-state index contributed by atoms with van der Waals surface area (Å²) in [5, 5.41) is 0. The van der Waals surface area contributed by atoms with Gasteiger partial charge in [-0.2, -0.15) is 0 Å². The zero-order chi connectivity index (χ0) is 10.8. The Morgan fingerprint density at radius 3 is 2.07 bits per heavy atom. The normalized spacial score (nSPS) is 34.5. The predicted molar refractivity (Wildman–Crippen MR) is 70.0 cm³/mol. The van der Waals surface area contributed by atoms with Crippen LogP contribution in [0.4, 0.5) is 0 Å². The highest BCUT2D eigenvalue weighted by molar-refractivity contribution is 14.1. The lowest BCUT2D eigenvalue weighted by Crippen LogP contribution is -2.36. The van der Waals surface area contributed by atoms with Gasteiger partial charge in [0.1, 0.15) is 0 Å². The first-order valence-corrected chi connectivity index (χ1v) is 7.19. The summed E-state index contributed by atoms with van der Waals surface area (Å²) in [7, 11) is 0. The molecule has 1 aliphatic carbocycles. The van der Waals surface area contributed by atoms with Crippen LogP contribution < -0.4 is 0 Å². The molecule has 0 saturated heterocycles. The van der Waals surface area contributed by atoms with E-state index in [4.69, 9.17) is 4.74 Å². The van der Waals surface area contributed by atoms with E-state index in [0.29, 0.717) is 6.10 Å². The van der Waals surface area contributed by atoms with Crippen molar-refractivity contribution in [3.63, 3.8) is 0 Å². The maximum absolute atomic E-state index is 6.16. The Hall–Kier alpha value is 0.690. The summed E-state index contributed by atoms with van der Waals surface area (Å²) in [6, 6.07) is 0. The minimum Gasteiger partial charge on any atom is -0.372 e. The lowest BCUT2D eigenvalue weighted by molar-refractivity contribution is -0.0838. The molecule has 0 radical (unpaired) electrons. The van der Waals surface area contributed by atoms with Gasteiger partial charge < -0.3 is 4.74 Å². The summed E-state index contributed by atoms with van der Waals surface area (Å²) in [5.74, 6) is 1.68. The van der Waals surface area contributed by atoms with Gasteiger partial charge in [-0.25, -0.2) is 0 Å². The molecule has 0 aromatic rings. The number of halogens is 1. The molecule has 0 amide bonds. The van der Waals surface area contributed by atoms with E-state index >= 15 is 0 Å². The van der Waals surface area contributed by atoms with Crippen LogP contribution >= 0.6 is 22.6 Å². The summed E-state index contributed by atoms with van der Waals surface area (Å²) in [5.41, 5.74) is 0.0575. The van der Waals surface area contributed by atoms with Crippen LogP contribution in [0.25, 0.3) is 0 Å². The standard InChI is InChI=1S/C12H23IO/c1-9-5-10(2)7-11(6-9)14-12(3,4)8-13/h9-11H,5-8H2,1-4H3. The lowest BCUT2D eigenvalue weighted by Gasteiger charge is -2.36. The Balaban J connectivity index is 2.44. The smallest absolute Gasteiger partial charge is 0.0719 e. The summed E-state index contributed by atoms with van der Waals surface area (Å²) >= 11 is 2.41. The molecule has 0 heterocycles. The van der Waals surface area contributed by atoms with Crippen molar-refractivity contribution in [1.29, 1.82) is 0 Å². The van der Waals surface area contributed by atoms with E-state index in [1.54, 1.807) is 0 Å². The van der Waals surface area contributed by atoms with E-state index in [1.807, 2.05) is 0 Å². The van der Waals surface area contributed by atoms with Crippen LogP contribution in [0.2, 0.25) is 0 Å². The highest BCUT2D eigenvalue weighted by atomic mass is 127. The van der Waals surface area contributed by atoms with Gasteiger partial charge in [0.15, 0.2) is 0 Å². The Kier molecular flexibility index (Phi) is 4.69. The van der Waals surface area contributed by atoms with Crippen molar-refractivity contribution in [2.24, 2.45) is 11.8 Å². The zero-order valence-corrected chi connectivity index (χ0v) is 12.0. The van der Waals surface area contributed by atoms with Crippen LogP contribution in [0.1, 0.15) is 47.0 Å². The van der Waals surface area contributed by atoms with Gasteiger partial charge in [0.05, 0.1) is 11.7 Å². The molecule has 1 nitrogen and oxygen atoms in total. The van der Waals surface area contributed by atoms with Crippen LogP contribution in [-0.2, 0) is 4.74 Å². The maximum Gasteiger partial charge on any atom is 0.0719 e. The third-order valence-electron chi connectivity index (χ3n) is 2.94. The van der Waals surface area contributed by atoms with Crippen LogP contribution in [-0.4, -0.2) is 16.1 Å². The van der Waals surface area contributed by atoms with Gasteiger partial charge in [-0.15, -0.1) is 0 Å². The number of hydrogen-bond acceptors (Lipinski definition) is 1. The molecule has 0 N–H and O–H groups in total. The van der Waals surface area contributed by atoms with Gasteiger partial charge in [0, 0.05) is 4.43 Å². The van der Waals surface area contributed by atoms with E-state index < -0.39 is 0 Å². The third kappa shape index (κ3) is 4.05. The first kappa shape index (κ1) is 12.8. The van der Waals surface area contributed by atoms with Crippen molar-refractivity contribution in [2.75, 3.05) is 4.43 Å². The summed E-state index contributed by atoms with van der Waals surface area (Å²) in [6.07, 6.45) is 4.39. The summed E-state index contributed by atoms with van der Waals surface area (Å²) in [4.78, 5) is 0. The van der Waals surface area contributed by atoms with Crippen LogP contribution in [0.3, 0.4) is 0 Å². The van der Waals surface area contributed by atoms with Crippen molar-refractivity contribution in [3.8, 4) is 0 Å². The molecule has 0 aromatic heterocycles. The molecule has 1 fully saturated rings. The fourth-order valence-electron chi connectivity index (χ4n) is 2.45. The second kappa shape index (κ2) is 5.15. The molecule has 1 rings (SSSR count). The SMILES string of the molecule is CC1CC(C)CC(OC(C)(C)CI)C1. The average molecular weight is 310 g/mol. The second-order valence-corrected chi connectivity index (χ2v) is 6.31. The van der Waals surface area contributed by atoms with Gasteiger partial charge in [0.2, 0.25) is 0 Å². The second-order valence-electron chi connectivity index (χ2n) is 5.55. The molecule has 0 aliphatic heterocycles. The molecule has 1 saturated carbocycles. The van der Waals surface area contributed by atoms with Gasteiger partial charge in [-0.05, 0) is 44.9 Å². The highest BCUT2D eigenvalue weighted by Crippen LogP contribution is 2.32. The van der Waals surface area contributed by atoms with Gasteiger partial charge >= 0.3 is 0 Å². The number of alkyl halides is 1. The van der Waals surface area contributed by atoms with Crippen molar-refractivity contribution in [2.45, 2.75) is 58.7 Å². The molecule has 2 unspecified atom stereocenters. The minimum atomic E-state index is 0.0575. The Bertz CT molecular complexity index is 169. The molecule has 2 atom stereocenters. The zero-order valence-electron chi connectivity index (χ0n) is 9.85. The molecule has 0 aromatic carbocycles. The van der Waals surface area contributed by atoms with Gasteiger partial charge in [-0.1, -0.05) is 36.4 Å². The topological polar surface area (TPSA) is 9.23 Å². The molecular weight excluding hydrogens is 287 g/mol. The Morgan fingerprint density at radius 1 is 1.14 bits per heavy atom. The third-order valence-corrected chi connectivity index (χ3v) is 4.78. The van der Waals surface area contributed by atoms with Crippen molar-refractivity contribution in [3.05, 3.63) is 0 Å². The number of ether oxygens (including phenoxy) is 1. The summed E-state index contributed by atoms with van der Waals surface area (Å²) < 4.78 is 7.23. The first-order valence-electron chi connectivity index (χ1n) is 5.66. The van der Waals surface area contributed by atoms with E-state index in [2.05, 4.69) is 50.3 Å². The number of rotatable bonds is 3. The molecule has 84 valence electrons. The Labute approximate surface area is 102 Å². The van der Waals surface area contributed by atoms with E-state index in [1.165, 1.54) is 19.3 Å². The fraction of sp³-hybridized carbons (Fsp3) is 1.00. The van der Waals surface area contributed by atoms with Gasteiger partial charge in [0.25, 0.3) is 0 Å². The molecule has 0 spiro atoms. The van der Waals surface area contributed by atoms with Crippen molar-refractivity contribution >= 4 is 22.6 Å². The van der Waals surface area contributed by atoms with Crippen LogP contribution in [0, 0.1) is 11.8 Å². The fourth-order valence-corrected chi connectivity index (χ4v) is 2.63. The molecule has 1 aliphatic rings. The highest BCUT2D eigenvalue weighted by Gasteiger charge is 2.29. The maximum atomic E-state index is 6.16. The van der Waals surface area contributed by atoms with E-state index in [9.17, 15) is 0 Å². The summed E-state index contributed by atoms with van der Waals surface area (Å²) in [6.45, 7) is 9.10. The van der Waals surface area contributed by atoms with Crippen molar-refractivity contribution < 1.29 is 4.74 Å². The monoisotopic (exact) mass is 310 g/mol. The van der Waals surface area contributed by atoms with Gasteiger partial charge in [-0.3, -0.25) is 0 Å². The largest absolute Gasteiger partial charge is 0.372 e. The van der Waals surface area contributed by atoms with E-state index in [0.717, 1.165) is 16.3 Å². The molecular formula is C12H23IO. The van der Waals surface area contributed by atoms with E-state index in [-0.39, 0.29) is 5.60 Å². The van der Waals surface area contributed by atoms with Crippen LogP contribution in [0.5, 0.6) is 0 Å². The molecule has 0 bridgehead atoms. The predicted octanol–water partition coefficient (Wildman–Crippen LogP) is 4.04. The average Bonchev–Trinajstić information content (AvgIpc) is 2.01. The lowest BCUT2D eigenvalue weighted by atomic mass is 9.81. The quantitative estimate of drug-likeness (QED) is 0.565. The Morgan fingerprint density at radius 2 is 1.64 bits per heavy atom. The molecule has 2 heteroatoms.